The number of carbonyl (C=O) groups is 4. The van der Waals surface area contributed by atoms with Crippen LogP contribution >= 0.6 is 22.9 Å². The summed E-state index contributed by atoms with van der Waals surface area (Å²) in [5.41, 5.74) is 3.27. The molecule has 0 spiro atoms. The van der Waals surface area contributed by atoms with Crippen LogP contribution in [0.5, 0.6) is 0 Å². The van der Waals surface area contributed by atoms with Gasteiger partial charge in [-0.05, 0) is 159 Å². The van der Waals surface area contributed by atoms with Crippen LogP contribution in [0.4, 0.5) is 24.5 Å². The molecule has 1 unspecified atom stereocenters. The molecule has 3 fully saturated rings. The van der Waals surface area contributed by atoms with Gasteiger partial charge in [-0.1, -0.05) is 99.2 Å². The van der Waals surface area contributed by atoms with E-state index in [1.54, 1.807) is 23.5 Å². The number of alkyl halides is 3. The number of benzene rings is 4. The summed E-state index contributed by atoms with van der Waals surface area (Å²) in [6, 6.07) is 24.5. The van der Waals surface area contributed by atoms with E-state index in [9.17, 15) is 45.9 Å². The molecule has 5 N–H and O–H groups in total. The first-order chi connectivity index (χ1) is 46.2. The summed E-state index contributed by atoms with van der Waals surface area (Å²) in [6.07, 6.45) is 4.72. The fourth-order valence-electron chi connectivity index (χ4n) is 13.0. The van der Waals surface area contributed by atoms with Crippen LogP contribution in [0.3, 0.4) is 0 Å². The van der Waals surface area contributed by atoms with E-state index in [0.29, 0.717) is 62.4 Å². The Kier molecular flexibility index (Phi) is 25.2. The molecule has 9 rings (SSSR count). The normalized spacial score (nSPS) is 19.8. The fraction of sp³-hybridized carbons (Fsp3) is 0.500. The van der Waals surface area contributed by atoms with Gasteiger partial charge in [-0.2, -0.15) is 13.2 Å². The predicted molar refractivity (Wildman–Crippen MR) is 376 cm³/mol. The highest BCUT2D eigenvalue weighted by Crippen LogP contribution is 2.44. The maximum Gasteiger partial charge on any atom is 0.501 e. The van der Waals surface area contributed by atoms with Crippen molar-refractivity contribution in [3.05, 3.63) is 135 Å². The van der Waals surface area contributed by atoms with Crippen LogP contribution in [-0.2, 0) is 35.5 Å². The molecule has 5 aromatic rings. The van der Waals surface area contributed by atoms with Gasteiger partial charge in [-0.25, -0.2) is 13.4 Å². The average molecular weight is 1390 g/mol. The number of nitrogens with zero attached hydrogens (tertiary/aromatic N) is 5. The lowest BCUT2D eigenvalue weighted by Crippen LogP contribution is -2.57. The third kappa shape index (κ3) is 19.8. The summed E-state index contributed by atoms with van der Waals surface area (Å²) in [6.45, 7) is 20.5. The minimum absolute atomic E-state index is 0.0167. The average Bonchev–Trinajstić information content (AvgIpc) is 1.35. The minimum atomic E-state index is -5.73. The van der Waals surface area contributed by atoms with Crippen LogP contribution < -0.4 is 26.2 Å². The molecular formula is C74H91ClF3N9O8S2. The van der Waals surface area contributed by atoms with Crippen LogP contribution in [0.25, 0.3) is 16.0 Å². The zero-order valence-electron chi connectivity index (χ0n) is 56.6. The number of rotatable bonds is 24. The Morgan fingerprint density at radius 1 is 0.887 bits per heavy atom. The molecule has 0 radical (unpaired) electrons. The van der Waals surface area contributed by atoms with Crippen molar-refractivity contribution in [3.63, 3.8) is 0 Å². The van der Waals surface area contributed by atoms with Crippen molar-refractivity contribution in [2.24, 2.45) is 10.8 Å². The fourth-order valence-corrected chi connectivity index (χ4v) is 14.9. The summed E-state index contributed by atoms with van der Waals surface area (Å²) in [4.78, 5) is 67.9. The molecule has 23 heteroatoms. The maximum absolute atomic E-state index is 14.3. The first-order valence-electron chi connectivity index (χ1n) is 33.6. The summed E-state index contributed by atoms with van der Waals surface area (Å²) in [5.74, 6) is 11.4. The van der Waals surface area contributed by atoms with Crippen molar-refractivity contribution >= 4 is 73.4 Å². The van der Waals surface area contributed by atoms with Gasteiger partial charge in [-0.15, -0.1) is 11.3 Å². The lowest BCUT2D eigenvalue weighted by molar-refractivity contribution is -0.144. The van der Waals surface area contributed by atoms with Crippen LogP contribution in [-0.4, -0.2) is 159 Å². The molecule has 4 amide bonds. The Hall–Kier alpha value is -7.28. The summed E-state index contributed by atoms with van der Waals surface area (Å²) in [5, 5.41) is 23.3. The van der Waals surface area contributed by atoms with E-state index in [2.05, 4.69) is 83.7 Å². The van der Waals surface area contributed by atoms with E-state index >= 15 is 0 Å². The van der Waals surface area contributed by atoms with Gasteiger partial charge in [0.2, 0.25) is 17.7 Å². The molecule has 3 saturated heterocycles. The SMILES string of the molecule is CC[C@@H](CCN1CCOCC1)Nc1ccc(CNC(=O)c2ccc(N3CCN(CC4=C(c5ccc(Cl)cc5)CCC(C)(C#CC#CCCCCC(=O)N[C@H](C(=O)N5C[C@H](O)C[C@H]5C(=O)N[C@@H](C)c5ccc(-c6scnc6C)cc5)C(C)(C)C)C4)CC3)cc2)cc1S(=O)(=O)C(F)(F)F. The lowest BCUT2D eigenvalue weighted by atomic mass is 9.72. The number of sulfone groups is 1. The number of thiazole rings is 1. The van der Waals surface area contributed by atoms with Gasteiger partial charge in [0.1, 0.15) is 12.1 Å². The Balaban J connectivity index is 0.737. The number of aryl methyl sites for hydroxylation is 1. The zero-order valence-corrected chi connectivity index (χ0v) is 58.9. The number of amides is 4. The highest BCUT2D eigenvalue weighted by atomic mass is 35.5. The third-order valence-corrected chi connectivity index (χ3v) is 21.6. The number of β-amino-alcohol motifs (C(OH)–C–C–N with tert-alkyl or cyclic N) is 1. The summed E-state index contributed by atoms with van der Waals surface area (Å²) in [7, 11) is -5.73. The van der Waals surface area contributed by atoms with Gasteiger partial charge in [0, 0.05) is 112 Å². The number of aliphatic hydroxyl groups is 1. The Bertz CT molecular complexity index is 3840. The van der Waals surface area contributed by atoms with Crippen molar-refractivity contribution in [2.75, 3.05) is 82.3 Å². The van der Waals surface area contributed by atoms with E-state index < -0.39 is 55.7 Å². The Morgan fingerprint density at radius 3 is 2.25 bits per heavy atom. The quantitative estimate of drug-likeness (QED) is 0.0288. The highest BCUT2D eigenvalue weighted by Gasteiger charge is 2.49. The van der Waals surface area contributed by atoms with Gasteiger partial charge in [-0.3, -0.25) is 29.0 Å². The number of hydrogen-bond donors (Lipinski definition) is 5. The molecule has 1 aromatic heterocycles. The zero-order chi connectivity index (χ0) is 69.7. The number of nitrogens with one attached hydrogen (secondary N) is 4. The van der Waals surface area contributed by atoms with Crippen molar-refractivity contribution < 1.29 is 50.6 Å². The number of allylic oxidation sites excluding steroid dienone is 1. The van der Waals surface area contributed by atoms with Gasteiger partial charge in [0.15, 0.2) is 0 Å². The second-order valence-electron chi connectivity index (χ2n) is 27.2. The van der Waals surface area contributed by atoms with E-state index in [1.807, 2.05) is 95.6 Å². The maximum atomic E-state index is 14.3. The van der Waals surface area contributed by atoms with Crippen LogP contribution in [0.2, 0.25) is 5.02 Å². The monoisotopic (exact) mass is 1390 g/mol. The second-order valence-corrected chi connectivity index (χ2v) is 30.4. The first-order valence-corrected chi connectivity index (χ1v) is 36.3. The molecular weight excluding hydrogens is 1300 g/mol. The molecule has 4 heterocycles. The topological polar surface area (TPSA) is 206 Å². The van der Waals surface area contributed by atoms with Gasteiger partial charge < -0.3 is 40.9 Å². The summed E-state index contributed by atoms with van der Waals surface area (Å²) < 4.78 is 73.4. The largest absolute Gasteiger partial charge is 0.501 e. The number of aromatic nitrogens is 1. The minimum Gasteiger partial charge on any atom is -0.391 e. The number of anilines is 2. The van der Waals surface area contributed by atoms with Crippen molar-refractivity contribution in [1.29, 1.82) is 0 Å². The molecule has 0 saturated carbocycles. The lowest BCUT2D eigenvalue weighted by Gasteiger charge is -2.39. The first kappa shape index (κ1) is 74.0. The van der Waals surface area contributed by atoms with Crippen LogP contribution in [0, 0.1) is 41.4 Å². The number of carbonyl (C=O) groups excluding carboxylic acids is 4. The molecule has 97 heavy (non-hydrogen) atoms. The van der Waals surface area contributed by atoms with E-state index in [0.717, 1.165) is 104 Å². The Morgan fingerprint density at radius 2 is 1.59 bits per heavy atom. The smallest absolute Gasteiger partial charge is 0.391 e. The van der Waals surface area contributed by atoms with Crippen LogP contribution in [0.15, 0.2) is 107 Å². The molecule has 0 bridgehead atoms. The Labute approximate surface area is 578 Å². The van der Waals surface area contributed by atoms with Gasteiger partial charge >= 0.3 is 5.51 Å². The number of unbranched alkanes of at least 4 members (excludes halogenated alkanes) is 2. The third-order valence-electron chi connectivity index (χ3n) is 18.8. The number of hydrogen-bond acceptors (Lipinski definition) is 14. The molecule has 4 aromatic carbocycles. The highest BCUT2D eigenvalue weighted by molar-refractivity contribution is 7.92. The second kappa shape index (κ2) is 33.1. The van der Waals surface area contributed by atoms with Crippen LogP contribution in [0.1, 0.15) is 145 Å². The predicted octanol–water partition coefficient (Wildman–Crippen LogP) is 11.6. The molecule has 1 aliphatic carbocycles. The van der Waals surface area contributed by atoms with Crippen molar-refractivity contribution in [2.45, 2.75) is 160 Å². The number of ether oxygens (including phenoxy) is 1. The standard InChI is InChI=1S/C74H91ClF3N9O8S2/c1-8-59(31-34-84-39-41-95-42-40-84)82-63-29-16-52(43-65(63)97(93,94)74(76,77)78)46-79-69(90)56-23-27-60(28-24-56)86-37-35-85(36-38-86)47-57-45-73(7,33-30-62(57)54-21-25-58(75)26-22-54)32-14-12-10-9-11-13-15-66(89)83-68(72(4,5)6)71(92)87-48-61(88)44-64(87)70(91)81-50(2)53-17-19-55(20-18-53)67-51(3)80-49-96-67/h16-29,43,49-50,59,61,64,68,82,88H,8-9,11,13,15,30-31,33-42,44-48H2,1-7H3,(H,79,90)(H,81,91)(H,83,89)/t50-,59-,61+,64-,68+,73?/m0/s1. The van der Waals surface area contributed by atoms with E-state index in [-0.39, 0.29) is 66.5 Å². The molecule has 17 nitrogen and oxygen atoms in total. The van der Waals surface area contributed by atoms with Gasteiger partial charge in [0.05, 0.1) is 52.0 Å². The van der Waals surface area contributed by atoms with Crippen molar-refractivity contribution in [3.8, 4) is 34.1 Å². The van der Waals surface area contributed by atoms with Crippen molar-refractivity contribution in [1.82, 2.24) is 35.6 Å². The number of likely N-dealkylation sites (tertiary alicyclic amines) is 1. The number of morpholine rings is 1. The van der Waals surface area contributed by atoms with E-state index in [1.165, 1.54) is 28.2 Å². The molecule has 3 aliphatic heterocycles. The molecule has 6 atom stereocenters. The summed E-state index contributed by atoms with van der Waals surface area (Å²) >= 11 is 7.92. The molecule has 4 aliphatic rings. The van der Waals surface area contributed by atoms with E-state index in [4.69, 9.17) is 16.3 Å². The number of halogens is 4. The van der Waals surface area contributed by atoms with Gasteiger partial charge in [0.25, 0.3) is 15.7 Å². The number of aliphatic hydroxyl groups excluding tert-OH is 1. The molecule has 520 valence electrons. The number of piperazine rings is 1.